The van der Waals surface area contributed by atoms with Crippen LogP contribution in [0.4, 0.5) is 0 Å². The molecule has 112 valence electrons. The average molecular weight is 279 g/mol. The van der Waals surface area contributed by atoms with Crippen molar-refractivity contribution >= 4 is 5.91 Å². The Balaban J connectivity index is 2.10. The molecule has 2 rings (SSSR count). The molecule has 0 spiro atoms. The van der Waals surface area contributed by atoms with Crippen LogP contribution in [0.5, 0.6) is 0 Å². The molecular weight excluding hydrogens is 254 g/mol. The fourth-order valence-corrected chi connectivity index (χ4v) is 2.75. The number of unbranched alkanes of at least 4 members (excludes halogenated alkanes) is 1. The van der Waals surface area contributed by atoms with Gasteiger partial charge in [0.05, 0.1) is 5.69 Å². The first-order valence-electron chi connectivity index (χ1n) is 7.59. The molecule has 0 saturated carbocycles. The first-order chi connectivity index (χ1) is 9.63. The highest BCUT2D eigenvalue weighted by Crippen LogP contribution is 2.17. The van der Waals surface area contributed by atoms with Crippen molar-refractivity contribution in [3.8, 4) is 0 Å². The fourth-order valence-electron chi connectivity index (χ4n) is 2.75. The highest BCUT2D eigenvalue weighted by molar-refractivity contribution is 5.96. The normalized spacial score (nSPS) is 18.4. The first kappa shape index (κ1) is 15.0. The van der Waals surface area contributed by atoms with Crippen molar-refractivity contribution < 1.29 is 9.32 Å². The fraction of sp³-hybridized carbons (Fsp3) is 0.733. The summed E-state index contributed by atoms with van der Waals surface area (Å²) in [5.41, 5.74) is 1.33. The van der Waals surface area contributed by atoms with Gasteiger partial charge in [-0.1, -0.05) is 18.5 Å². The zero-order chi connectivity index (χ0) is 14.5. The quantitative estimate of drug-likeness (QED) is 0.868. The smallest absolute Gasteiger partial charge is 0.259 e. The Morgan fingerprint density at radius 3 is 2.85 bits per heavy atom. The van der Waals surface area contributed by atoms with Crippen LogP contribution >= 0.6 is 0 Å². The maximum Gasteiger partial charge on any atom is 0.259 e. The Bertz CT molecular complexity index is 430. The molecule has 1 unspecified atom stereocenters. The van der Waals surface area contributed by atoms with E-state index in [0.29, 0.717) is 23.1 Å². The summed E-state index contributed by atoms with van der Waals surface area (Å²) in [5.74, 6) is 0.678. The number of hydrogen-bond donors (Lipinski definition) is 1. The lowest BCUT2D eigenvalue weighted by molar-refractivity contribution is 0.0737. The molecule has 0 radical (unpaired) electrons. The molecule has 1 N–H and O–H groups in total. The molecule has 0 bridgehead atoms. The highest BCUT2D eigenvalue weighted by atomic mass is 16.5. The van der Waals surface area contributed by atoms with Crippen LogP contribution in [0.2, 0.25) is 0 Å². The predicted octanol–water partition coefficient (Wildman–Crippen LogP) is 2.29. The Morgan fingerprint density at radius 2 is 2.30 bits per heavy atom. The highest BCUT2D eigenvalue weighted by Gasteiger charge is 2.26. The minimum absolute atomic E-state index is 0.0587. The summed E-state index contributed by atoms with van der Waals surface area (Å²) in [6.45, 7) is 8.42. The molecule has 1 fully saturated rings. The van der Waals surface area contributed by atoms with E-state index in [-0.39, 0.29) is 5.91 Å². The molecule has 1 aromatic rings. The molecule has 1 aromatic heterocycles. The Morgan fingerprint density at radius 1 is 1.50 bits per heavy atom. The van der Waals surface area contributed by atoms with Gasteiger partial charge in [-0.15, -0.1) is 0 Å². The third-order valence-corrected chi connectivity index (χ3v) is 3.92. The van der Waals surface area contributed by atoms with Crippen LogP contribution < -0.4 is 5.32 Å². The van der Waals surface area contributed by atoms with Crippen LogP contribution in [0, 0.1) is 13.8 Å². The number of nitrogens with zero attached hydrogens (tertiary/aromatic N) is 2. The lowest BCUT2D eigenvalue weighted by Crippen LogP contribution is -2.42. The van der Waals surface area contributed by atoms with E-state index in [4.69, 9.17) is 4.52 Å². The van der Waals surface area contributed by atoms with Gasteiger partial charge in [0.2, 0.25) is 0 Å². The van der Waals surface area contributed by atoms with Crippen molar-refractivity contribution in [1.29, 1.82) is 0 Å². The Kier molecular flexibility index (Phi) is 5.17. The molecule has 2 heterocycles. The number of carbonyl (C=O) groups is 1. The summed E-state index contributed by atoms with van der Waals surface area (Å²) >= 11 is 0. The number of aromatic nitrogens is 1. The Labute approximate surface area is 120 Å². The molecule has 20 heavy (non-hydrogen) atoms. The standard InChI is InChI=1S/C15H25N3O2/c1-4-5-9-18(10-13-7-6-8-16-13)15(19)14-11(2)17-20-12(14)3/h13,16H,4-10H2,1-3H3. The van der Waals surface area contributed by atoms with Gasteiger partial charge in [0.15, 0.2) is 0 Å². The van der Waals surface area contributed by atoms with Crippen LogP contribution in [0.3, 0.4) is 0 Å². The van der Waals surface area contributed by atoms with Gasteiger partial charge in [0, 0.05) is 19.1 Å². The van der Waals surface area contributed by atoms with Crippen LogP contribution in [0.25, 0.3) is 0 Å². The van der Waals surface area contributed by atoms with Crippen molar-refractivity contribution in [1.82, 2.24) is 15.4 Å². The van der Waals surface area contributed by atoms with Crippen molar-refractivity contribution in [2.24, 2.45) is 0 Å². The van der Waals surface area contributed by atoms with Crippen molar-refractivity contribution in [3.63, 3.8) is 0 Å². The van der Waals surface area contributed by atoms with Crippen LogP contribution in [-0.4, -0.2) is 41.6 Å². The van der Waals surface area contributed by atoms with Crippen LogP contribution in [0.15, 0.2) is 4.52 Å². The number of hydrogen-bond acceptors (Lipinski definition) is 4. The van der Waals surface area contributed by atoms with Gasteiger partial charge in [-0.3, -0.25) is 4.79 Å². The van der Waals surface area contributed by atoms with Crippen molar-refractivity contribution in [3.05, 3.63) is 17.0 Å². The minimum Gasteiger partial charge on any atom is -0.361 e. The van der Waals surface area contributed by atoms with E-state index in [1.54, 1.807) is 6.92 Å². The third-order valence-electron chi connectivity index (χ3n) is 3.92. The summed E-state index contributed by atoms with van der Waals surface area (Å²) in [6, 6.07) is 0.427. The summed E-state index contributed by atoms with van der Waals surface area (Å²) < 4.78 is 5.13. The molecule has 1 amide bonds. The molecule has 0 aromatic carbocycles. The summed E-state index contributed by atoms with van der Waals surface area (Å²) in [5, 5.41) is 7.35. The molecule has 1 aliphatic heterocycles. The van der Waals surface area contributed by atoms with Crippen LogP contribution in [0.1, 0.15) is 54.4 Å². The van der Waals surface area contributed by atoms with Crippen molar-refractivity contribution in [2.45, 2.75) is 52.5 Å². The SMILES string of the molecule is CCCCN(CC1CCCN1)C(=O)c1c(C)noc1C. The lowest BCUT2D eigenvalue weighted by Gasteiger charge is -2.25. The second kappa shape index (κ2) is 6.88. The monoisotopic (exact) mass is 279 g/mol. The third kappa shape index (κ3) is 3.39. The number of nitrogens with one attached hydrogen (secondary N) is 1. The number of carbonyl (C=O) groups excluding carboxylic acids is 1. The maximum atomic E-state index is 12.7. The Hall–Kier alpha value is -1.36. The number of aryl methyl sites for hydroxylation is 2. The second-order valence-corrected chi connectivity index (χ2v) is 5.60. The van der Waals surface area contributed by atoms with E-state index in [0.717, 1.165) is 38.9 Å². The zero-order valence-electron chi connectivity index (χ0n) is 12.7. The van der Waals surface area contributed by atoms with E-state index in [2.05, 4.69) is 17.4 Å². The molecule has 5 heteroatoms. The average Bonchev–Trinajstić information content (AvgIpc) is 3.04. The number of amides is 1. The largest absolute Gasteiger partial charge is 0.361 e. The molecule has 0 aliphatic carbocycles. The molecular formula is C15H25N3O2. The van der Waals surface area contributed by atoms with Gasteiger partial charge in [0.1, 0.15) is 11.3 Å². The summed E-state index contributed by atoms with van der Waals surface area (Å²) in [7, 11) is 0. The summed E-state index contributed by atoms with van der Waals surface area (Å²) in [6.07, 6.45) is 4.47. The minimum atomic E-state index is 0.0587. The van der Waals surface area contributed by atoms with Gasteiger partial charge in [-0.2, -0.15) is 0 Å². The zero-order valence-corrected chi connectivity index (χ0v) is 12.7. The topological polar surface area (TPSA) is 58.4 Å². The second-order valence-electron chi connectivity index (χ2n) is 5.60. The van der Waals surface area contributed by atoms with Gasteiger partial charge in [0.25, 0.3) is 5.91 Å². The van der Waals surface area contributed by atoms with Gasteiger partial charge in [-0.05, 0) is 39.7 Å². The van der Waals surface area contributed by atoms with E-state index in [1.807, 2.05) is 11.8 Å². The molecule has 1 atom stereocenters. The lowest BCUT2D eigenvalue weighted by atomic mass is 10.1. The van der Waals surface area contributed by atoms with E-state index in [1.165, 1.54) is 6.42 Å². The molecule has 1 aliphatic rings. The van der Waals surface area contributed by atoms with Crippen molar-refractivity contribution in [2.75, 3.05) is 19.6 Å². The van der Waals surface area contributed by atoms with Gasteiger partial charge >= 0.3 is 0 Å². The van der Waals surface area contributed by atoms with Gasteiger partial charge in [-0.25, -0.2) is 0 Å². The van der Waals surface area contributed by atoms with Gasteiger partial charge < -0.3 is 14.7 Å². The summed E-state index contributed by atoms with van der Waals surface area (Å²) in [4.78, 5) is 14.7. The van der Waals surface area contributed by atoms with Crippen LogP contribution in [-0.2, 0) is 0 Å². The van der Waals surface area contributed by atoms with E-state index in [9.17, 15) is 4.79 Å². The predicted molar refractivity (Wildman–Crippen MR) is 77.8 cm³/mol. The maximum absolute atomic E-state index is 12.7. The number of rotatable bonds is 6. The molecule has 5 nitrogen and oxygen atoms in total. The van der Waals surface area contributed by atoms with E-state index < -0.39 is 0 Å². The molecule has 1 saturated heterocycles. The first-order valence-corrected chi connectivity index (χ1v) is 7.59. The van der Waals surface area contributed by atoms with E-state index >= 15 is 0 Å².